The molecule has 2 aromatic rings. The number of rotatable bonds is 8. The smallest absolute Gasteiger partial charge is 0.276 e. The maximum absolute atomic E-state index is 12.3. The van der Waals surface area contributed by atoms with Gasteiger partial charge in [-0.3, -0.25) is 25.8 Å². The predicted molar refractivity (Wildman–Crippen MR) is 125 cm³/mol. The van der Waals surface area contributed by atoms with Gasteiger partial charge in [-0.15, -0.1) is 0 Å². The highest BCUT2D eigenvalue weighted by Gasteiger charge is 2.11. The lowest BCUT2D eigenvalue weighted by atomic mass is 10.1. The highest BCUT2D eigenvalue weighted by molar-refractivity contribution is 7.80. The van der Waals surface area contributed by atoms with Crippen LogP contribution in [0.3, 0.4) is 0 Å². The van der Waals surface area contributed by atoms with Crippen LogP contribution in [0.25, 0.3) is 0 Å². The van der Waals surface area contributed by atoms with Gasteiger partial charge in [0.05, 0.1) is 6.61 Å². The van der Waals surface area contributed by atoms with Crippen LogP contribution in [0.4, 0.5) is 0 Å². The molecule has 0 aromatic heterocycles. The number of thiocarbonyl (C=S) groups is 1. The number of amides is 2. The minimum absolute atomic E-state index is 0.0474. The summed E-state index contributed by atoms with van der Waals surface area (Å²) in [6, 6.07) is 10.3. The van der Waals surface area contributed by atoms with Gasteiger partial charge < -0.3 is 9.47 Å². The lowest BCUT2D eigenvalue weighted by Crippen LogP contribution is -2.49. The quantitative estimate of drug-likeness (QED) is 0.313. The summed E-state index contributed by atoms with van der Waals surface area (Å²) in [5.74, 6) is 0.258. The van der Waals surface area contributed by atoms with E-state index < -0.39 is 11.8 Å². The van der Waals surface area contributed by atoms with E-state index in [0.29, 0.717) is 28.7 Å². The Morgan fingerprint density at radius 3 is 2.42 bits per heavy atom. The van der Waals surface area contributed by atoms with Crippen molar-refractivity contribution in [2.24, 2.45) is 0 Å². The third-order valence-corrected chi connectivity index (χ3v) is 4.99. The molecule has 0 aliphatic rings. The van der Waals surface area contributed by atoms with Gasteiger partial charge in [-0.2, -0.15) is 0 Å². The standard InChI is InChI=1S/C22H26ClN3O4S/c1-4-5-9-29-17-8-6-7-16(12-17)21(28)24-22(31)26-25-19(27)13-30-18-10-14(2)20(23)15(3)11-18/h6-8,10-12H,4-5,9,13H2,1-3H3,(H,25,27)(H2,24,26,28,31). The first-order valence-corrected chi connectivity index (χ1v) is 10.6. The predicted octanol–water partition coefficient (Wildman–Crippen LogP) is 3.85. The highest BCUT2D eigenvalue weighted by Crippen LogP contribution is 2.25. The Morgan fingerprint density at radius 1 is 1.03 bits per heavy atom. The minimum atomic E-state index is -0.465. The average Bonchev–Trinajstić information content (AvgIpc) is 2.75. The Balaban J connectivity index is 1.77. The molecule has 0 unspecified atom stereocenters. The SMILES string of the molecule is CCCCOc1cccc(C(=O)NC(=S)NNC(=O)COc2cc(C)c(Cl)c(C)c2)c1. The van der Waals surface area contributed by atoms with Crippen molar-refractivity contribution in [3.05, 3.63) is 58.1 Å². The maximum Gasteiger partial charge on any atom is 0.276 e. The molecule has 3 N–H and O–H groups in total. The summed E-state index contributed by atoms with van der Waals surface area (Å²) in [6.45, 7) is 6.15. The van der Waals surface area contributed by atoms with Gasteiger partial charge in [0.1, 0.15) is 11.5 Å². The van der Waals surface area contributed by atoms with Crippen molar-refractivity contribution in [2.75, 3.05) is 13.2 Å². The normalized spacial score (nSPS) is 10.2. The number of aryl methyl sites for hydroxylation is 2. The van der Waals surface area contributed by atoms with E-state index >= 15 is 0 Å². The zero-order valence-corrected chi connectivity index (χ0v) is 19.3. The third kappa shape index (κ3) is 8.07. The van der Waals surface area contributed by atoms with Gasteiger partial charge in [0, 0.05) is 10.6 Å². The molecule has 0 spiro atoms. The van der Waals surface area contributed by atoms with Crippen LogP contribution in [0, 0.1) is 13.8 Å². The number of nitrogens with one attached hydrogen (secondary N) is 3. The van der Waals surface area contributed by atoms with Crippen molar-refractivity contribution >= 4 is 40.7 Å². The zero-order valence-electron chi connectivity index (χ0n) is 17.7. The van der Waals surface area contributed by atoms with Crippen LogP contribution in [0.1, 0.15) is 41.3 Å². The van der Waals surface area contributed by atoms with Crippen LogP contribution in [-0.2, 0) is 4.79 Å². The second-order valence-electron chi connectivity index (χ2n) is 6.85. The summed E-state index contributed by atoms with van der Waals surface area (Å²) in [7, 11) is 0. The Morgan fingerprint density at radius 2 is 1.74 bits per heavy atom. The number of ether oxygens (including phenoxy) is 2. The number of halogens is 1. The highest BCUT2D eigenvalue weighted by atomic mass is 35.5. The summed E-state index contributed by atoms with van der Waals surface area (Å²) in [4.78, 5) is 24.3. The topological polar surface area (TPSA) is 88.7 Å². The molecule has 2 rings (SSSR count). The number of carbonyl (C=O) groups excluding carboxylic acids is 2. The molecule has 2 amide bonds. The van der Waals surface area contributed by atoms with Gasteiger partial charge in [0.15, 0.2) is 11.7 Å². The molecule has 0 heterocycles. The minimum Gasteiger partial charge on any atom is -0.494 e. The van der Waals surface area contributed by atoms with E-state index in [1.165, 1.54) is 0 Å². The first-order valence-electron chi connectivity index (χ1n) is 9.82. The molecule has 9 heteroatoms. The molecule has 0 radical (unpaired) electrons. The second kappa shape index (κ2) is 12.1. The Kier molecular flexibility index (Phi) is 9.55. The van der Waals surface area contributed by atoms with Crippen LogP contribution in [0.5, 0.6) is 11.5 Å². The van der Waals surface area contributed by atoms with Gasteiger partial charge in [-0.1, -0.05) is 31.0 Å². The average molecular weight is 464 g/mol. The summed E-state index contributed by atoms with van der Waals surface area (Å²) in [5.41, 5.74) is 6.96. The molecule has 31 heavy (non-hydrogen) atoms. The van der Waals surface area contributed by atoms with Crippen LogP contribution in [-0.4, -0.2) is 30.1 Å². The molecule has 0 atom stereocenters. The van der Waals surface area contributed by atoms with Gasteiger partial charge >= 0.3 is 0 Å². The molecule has 166 valence electrons. The summed E-state index contributed by atoms with van der Waals surface area (Å²) in [6.07, 6.45) is 1.96. The number of hydrogen-bond donors (Lipinski definition) is 3. The van der Waals surface area contributed by atoms with Crippen LogP contribution < -0.4 is 25.6 Å². The molecule has 0 fully saturated rings. The number of hydrazine groups is 1. The Bertz CT molecular complexity index is 929. The van der Waals surface area contributed by atoms with E-state index in [1.807, 2.05) is 13.8 Å². The molecular formula is C22H26ClN3O4S. The Labute approximate surface area is 192 Å². The lowest BCUT2D eigenvalue weighted by Gasteiger charge is -2.13. The van der Waals surface area contributed by atoms with Crippen molar-refractivity contribution in [2.45, 2.75) is 33.6 Å². The van der Waals surface area contributed by atoms with Crippen LogP contribution in [0.15, 0.2) is 36.4 Å². The van der Waals surface area contributed by atoms with E-state index in [2.05, 4.69) is 23.1 Å². The fraction of sp³-hybridized carbons (Fsp3) is 0.318. The van der Waals surface area contributed by atoms with Gasteiger partial charge in [-0.05, 0) is 73.9 Å². The number of hydrogen-bond acceptors (Lipinski definition) is 5. The maximum atomic E-state index is 12.3. The van der Waals surface area contributed by atoms with Crippen molar-refractivity contribution < 1.29 is 19.1 Å². The molecule has 7 nitrogen and oxygen atoms in total. The molecule has 0 saturated carbocycles. The van der Waals surface area contributed by atoms with Gasteiger partial charge in [0.2, 0.25) is 0 Å². The summed E-state index contributed by atoms with van der Waals surface area (Å²) >= 11 is 11.2. The van der Waals surface area contributed by atoms with E-state index in [-0.39, 0.29) is 11.7 Å². The van der Waals surface area contributed by atoms with Crippen molar-refractivity contribution in [1.29, 1.82) is 0 Å². The van der Waals surface area contributed by atoms with Crippen molar-refractivity contribution in [3.63, 3.8) is 0 Å². The number of carbonyl (C=O) groups is 2. The molecular weight excluding hydrogens is 438 g/mol. The zero-order chi connectivity index (χ0) is 22.8. The van der Waals surface area contributed by atoms with E-state index in [0.717, 1.165) is 24.0 Å². The van der Waals surface area contributed by atoms with Crippen molar-refractivity contribution in [1.82, 2.24) is 16.2 Å². The number of benzene rings is 2. The van der Waals surface area contributed by atoms with Gasteiger partial charge in [-0.25, -0.2) is 0 Å². The lowest BCUT2D eigenvalue weighted by molar-refractivity contribution is -0.123. The summed E-state index contributed by atoms with van der Waals surface area (Å²) < 4.78 is 11.1. The van der Waals surface area contributed by atoms with E-state index in [1.54, 1.807) is 36.4 Å². The fourth-order valence-electron chi connectivity index (χ4n) is 2.57. The largest absolute Gasteiger partial charge is 0.494 e. The van der Waals surface area contributed by atoms with Crippen LogP contribution in [0.2, 0.25) is 5.02 Å². The second-order valence-corrected chi connectivity index (χ2v) is 7.63. The monoisotopic (exact) mass is 463 g/mol. The van der Waals surface area contributed by atoms with Gasteiger partial charge in [0.25, 0.3) is 11.8 Å². The summed E-state index contributed by atoms with van der Waals surface area (Å²) in [5, 5.41) is 3.11. The first kappa shape index (κ1) is 24.4. The fourth-order valence-corrected chi connectivity index (χ4v) is 2.82. The van der Waals surface area contributed by atoms with Crippen molar-refractivity contribution in [3.8, 4) is 11.5 Å². The number of unbranched alkanes of at least 4 members (excludes halogenated alkanes) is 1. The Hall–Kier alpha value is -2.84. The molecule has 2 aromatic carbocycles. The van der Waals surface area contributed by atoms with Crippen LogP contribution >= 0.6 is 23.8 Å². The molecule has 0 bridgehead atoms. The first-order chi connectivity index (χ1) is 14.8. The van der Waals surface area contributed by atoms with E-state index in [9.17, 15) is 9.59 Å². The molecule has 0 aliphatic carbocycles. The van der Waals surface area contributed by atoms with E-state index in [4.69, 9.17) is 33.3 Å². The third-order valence-electron chi connectivity index (χ3n) is 4.19. The molecule has 0 saturated heterocycles. The molecule has 0 aliphatic heterocycles.